The van der Waals surface area contributed by atoms with E-state index >= 15 is 0 Å². The van der Waals surface area contributed by atoms with E-state index in [0.29, 0.717) is 17.1 Å². The zero-order valence-corrected chi connectivity index (χ0v) is 22.9. The molecule has 0 unspecified atom stereocenters. The highest BCUT2D eigenvalue weighted by molar-refractivity contribution is 7.92. The molecule has 0 fully saturated rings. The molecule has 9 heteroatoms. The van der Waals surface area contributed by atoms with Crippen LogP contribution in [-0.4, -0.2) is 50.0 Å². The van der Waals surface area contributed by atoms with E-state index in [1.807, 2.05) is 52.8 Å². The van der Waals surface area contributed by atoms with Crippen LogP contribution in [0.2, 0.25) is 5.02 Å². The molecule has 2 amide bonds. The van der Waals surface area contributed by atoms with Crippen molar-refractivity contribution in [3.63, 3.8) is 0 Å². The number of nitrogens with zero attached hydrogens (tertiary/aromatic N) is 2. The molecule has 2 aromatic carbocycles. The van der Waals surface area contributed by atoms with Gasteiger partial charge in [-0.05, 0) is 62.4 Å². The van der Waals surface area contributed by atoms with Crippen molar-refractivity contribution in [1.29, 1.82) is 0 Å². The van der Waals surface area contributed by atoms with Gasteiger partial charge < -0.3 is 10.2 Å². The van der Waals surface area contributed by atoms with Crippen molar-refractivity contribution in [2.75, 3.05) is 17.1 Å². The summed E-state index contributed by atoms with van der Waals surface area (Å²) in [5.41, 5.74) is 2.76. The predicted octanol–water partition coefficient (Wildman–Crippen LogP) is 4.44. The number of carbonyl (C=O) groups excluding carboxylic acids is 2. The zero-order valence-electron chi connectivity index (χ0n) is 21.3. The topological polar surface area (TPSA) is 86.8 Å². The first kappa shape index (κ1) is 28.7. The minimum Gasteiger partial charge on any atom is -0.352 e. The molecular formula is C26H36ClN3O4S. The van der Waals surface area contributed by atoms with Gasteiger partial charge in [0.25, 0.3) is 0 Å². The Kier molecular flexibility index (Phi) is 10.2. The first-order valence-electron chi connectivity index (χ1n) is 11.8. The van der Waals surface area contributed by atoms with Crippen LogP contribution in [0.25, 0.3) is 0 Å². The van der Waals surface area contributed by atoms with Crippen LogP contribution in [-0.2, 0) is 26.2 Å². The van der Waals surface area contributed by atoms with Crippen molar-refractivity contribution in [2.24, 2.45) is 0 Å². The maximum Gasteiger partial charge on any atom is 0.244 e. The molecule has 2 rings (SSSR count). The van der Waals surface area contributed by atoms with Crippen molar-refractivity contribution in [2.45, 2.75) is 66.1 Å². The average Bonchev–Trinajstić information content (AvgIpc) is 2.78. The number of nitrogens with one attached hydrogen (secondary N) is 1. The Labute approximate surface area is 214 Å². The molecule has 0 saturated heterocycles. The second kappa shape index (κ2) is 12.4. The van der Waals surface area contributed by atoms with E-state index in [2.05, 4.69) is 5.32 Å². The third-order valence-electron chi connectivity index (χ3n) is 6.02. The van der Waals surface area contributed by atoms with Gasteiger partial charge in [-0.2, -0.15) is 0 Å². The lowest BCUT2D eigenvalue weighted by molar-refractivity contribution is -0.140. The number of halogens is 1. The Morgan fingerprint density at radius 3 is 2.06 bits per heavy atom. The Balaban J connectivity index is 2.49. The summed E-state index contributed by atoms with van der Waals surface area (Å²) in [6, 6.07) is 11.7. The van der Waals surface area contributed by atoms with E-state index in [4.69, 9.17) is 11.6 Å². The van der Waals surface area contributed by atoms with Crippen LogP contribution >= 0.6 is 11.6 Å². The summed E-state index contributed by atoms with van der Waals surface area (Å²) >= 11 is 6.02. The maximum absolute atomic E-state index is 13.7. The molecule has 2 atom stereocenters. The summed E-state index contributed by atoms with van der Waals surface area (Å²) in [5.74, 6) is -0.721. The smallest absolute Gasteiger partial charge is 0.244 e. The van der Waals surface area contributed by atoms with Crippen LogP contribution in [0.4, 0.5) is 5.69 Å². The third-order valence-corrected chi connectivity index (χ3v) is 7.39. The number of para-hydroxylation sites is 1. The highest BCUT2D eigenvalue weighted by Crippen LogP contribution is 2.27. The molecule has 0 saturated carbocycles. The number of sulfonamides is 1. The molecule has 0 aliphatic rings. The SMILES string of the molecule is CC[C@@H](C)NC(=O)[C@H](CC)N(Cc1ccc(Cl)cc1)C(=O)CN(c1c(C)cccc1C)S(C)(=O)=O. The normalized spacial score (nSPS) is 13.1. The molecule has 192 valence electrons. The van der Waals surface area contributed by atoms with E-state index in [9.17, 15) is 18.0 Å². The van der Waals surface area contributed by atoms with Crippen LogP contribution in [0, 0.1) is 13.8 Å². The van der Waals surface area contributed by atoms with Gasteiger partial charge in [0.2, 0.25) is 21.8 Å². The molecule has 7 nitrogen and oxygen atoms in total. The van der Waals surface area contributed by atoms with E-state index < -0.39 is 28.5 Å². The van der Waals surface area contributed by atoms with Crippen LogP contribution in [0.1, 0.15) is 50.3 Å². The highest BCUT2D eigenvalue weighted by atomic mass is 35.5. The summed E-state index contributed by atoms with van der Waals surface area (Å²) < 4.78 is 26.8. The zero-order chi connectivity index (χ0) is 26.3. The average molecular weight is 522 g/mol. The lowest BCUT2D eigenvalue weighted by Crippen LogP contribution is -2.53. The Morgan fingerprint density at radius 1 is 1.00 bits per heavy atom. The van der Waals surface area contributed by atoms with Gasteiger partial charge in [0.05, 0.1) is 11.9 Å². The molecule has 35 heavy (non-hydrogen) atoms. The first-order chi connectivity index (χ1) is 16.4. The molecule has 0 aromatic heterocycles. The van der Waals surface area contributed by atoms with Crippen LogP contribution < -0.4 is 9.62 Å². The summed E-state index contributed by atoms with van der Waals surface area (Å²) in [7, 11) is -3.78. The molecule has 0 radical (unpaired) electrons. The maximum atomic E-state index is 13.7. The van der Waals surface area contributed by atoms with E-state index in [0.717, 1.165) is 33.7 Å². The van der Waals surface area contributed by atoms with Crippen molar-refractivity contribution in [3.8, 4) is 0 Å². The minimum atomic E-state index is -3.78. The molecular weight excluding hydrogens is 486 g/mol. The van der Waals surface area contributed by atoms with Crippen LogP contribution in [0.3, 0.4) is 0 Å². The minimum absolute atomic E-state index is 0.0498. The molecule has 2 aromatic rings. The lowest BCUT2D eigenvalue weighted by Gasteiger charge is -2.34. The molecule has 0 heterocycles. The number of hydrogen-bond acceptors (Lipinski definition) is 4. The van der Waals surface area contributed by atoms with Gasteiger partial charge in [-0.1, -0.05) is 55.8 Å². The van der Waals surface area contributed by atoms with E-state index in [1.54, 1.807) is 24.3 Å². The van der Waals surface area contributed by atoms with E-state index in [-0.39, 0.29) is 18.5 Å². The number of rotatable bonds is 11. The van der Waals surface area contributed by atoms with E-state index in [1.165, 1.54) is 4.90 Å². The van der Waals surface area contributed by atoms with Crippen molar-refractivity contribution in [1.82, 2.24) is 10.2 Å². The van der Waals surface area contributed by atoms with Crippen molar-refractivity contribution >= 4 is 39.1 Å². The number of benzene rings is 2. The Morgan fingerprint density at radius 2 is 1.57 bits per heavy atom. The summed E-state index contributed by atoms with van der Waals surface area (Å²) in [5, 5.41) is 3.52. The molecule has 0 aliphatic heterocycles. The molecule has 0 spiro atoms. The van der Waals surface area contributed by atoms with Crippen LogP contribution in [0.5, 0.6) is 0 Å². The molecule has 0 bridgehead atoms. The number of carbonyl (C=O) groups is 2. The van der Waals surface area contributed by atoms with Gasteiger partial charge in [0.15, 0.2) is 0 Å². The summed E-state index contributed by atoms with van der Waals surface area (Å²) in [6.45, 7) is 9.07. The van der Waals surface area contributed by atoms with Gasteiger partial charge in [0, 0.05) is 17.6 Å². The van der Waals surface area contributed by atoms with Gasteiger partial charge in [-0.25, -0.2) is 8.42 Å². The van der Waals surface area contributed by atoms with Gasteiger partial charge in [0.1, 0.15) is 12.6 Å². The fraction of sp³-hybridized carbons (Fsp3) is 0.462. The van der Waals surface area contributed by atoms with Crippen molar-refractivity contribution < 1.29 is 18.0 Å². The molecule has 0 aliphatic carbocycles. The fourth-order valence-corrected chi connectivity index (χ4v) is 5.01. The quantitative estimate of drug-likeness (QED) is 0.473. The second-order valence-electron chi connectivity index (χ2n) is 8.90. The monoisotopic (exact) mass is 521 g/mol. The predicted molar refractivity (Wildman–Crippen MR) is 142 cm³/mol. The molecule has 1 N–H and O–H groups in total. The third kappa shape index (κ3) is 7.70. The van der Waals surface area contributed by atoms with Crippen LogP contribution in [0.15, 0.2) is 42.5 Å². The lowest BCUT2D eigenvalue weighted by atomic mass is 10.1. The standard InChI is InChI=1S/C26H36ClN3O4S/c1-7-20(5)28-26(32)23(8-2)29(16-21-12-14-22(27)15-13-21)24(31)17-30(35(6,33)34)25-18(3)10-9-11-19(25)4/h9-15,20,23H,7-8,16-17H2,1-6H3,(H,28,32)/t20-,23+/m1/s1. The van der Waals surface area contributed by atoms with Gasteiger partial charge >= 0.3 is 0 Å². The number of aryl methyl sites for hydroxylation is 2. The number of anilines is 1. The van der Waals surface area contributed by atoms with Gasteiger partial charge in [-0.3, -0.25) is 13.9 Å². The summed E-state index contributed by atoms with van der Waals surface area (Å²) in [6.07, 6.45) is 2.22. The van der Waals surface area contributed by atoms with Crippen molar-refractivity contribution in [3.05, 3.63) is 64.2 Å². The second-order valence-corrected chi connectivity index (χ2v) is 11.2. The highest BCUT2D eigenvalue weighted by Gasteiger charge is 2.32. The summed E-state index contributed by atoms with van der Waals surface area (Å²) in [4.78, 5) is 28.3. The fourth-order valence-electron chi connectivity index (χ4n) is 3.92. The largest absolute Gasteiger partial charge is 0.352 e. The van der Waals surface area contributed by atoms with Gasteiger partial charge in [-0.15, -0.1) is 0 Å². The number of amides is 2. The Bertz CT molecular complexity index is 1120. The first-order valence-corrected chi connectivity index (χ1v) is 14.0. The number of hydrogen-bond donors (Lipinski definition) is 1. The Hall–Kier alpha value is -2.58.